The van der Waals surface area contributed by atoms with Crippen molar-refractivity contribution in [3.63, 3.8) is 0 Å². The Kier molecular flexibility index (Phi) is 4.06. The van der Waals surface area contributed by atoms with Crippen LogP contribution < -0.4 is 10.6 Å². The number of amides is 2. The number of anilines is 1. The largest absolute Gasteiger partial charge is 0.365 e. The zero-order valence-electron chi connectivity index (χ0n) is 11.9. The van der Waals surface area contributed by atoms with Gasteiger partial charge in [-0.3, -0.25) is 9.59 Å². The topological polar surface area (TPSA) is 79.5 Å². The van der Waals surface area contributed by atoms with Crippen molar-refractivity contribution < 1.29 is 9.59 Å². The molecular formula is C15H16N4O2S. The first kappa shape index (κ1) is 14.5. The van der Waals surface area contributed by atoms with Gasteiger partial charge in [-0.15, -0.1) is 0 Å². The molecule has 6 nitrogen and oxygen atoms in total. The van der Waals surface area contributed by atoms with E-state index in [0.29, 0.717) is 36.6 Å². The second-order valence-electron chi connectivity index (χ2n) is 5.02. The van der Waals surface area contributed by atoms with Crippen molar-refractivity contribution in [1.29, 1.82) is 0 Å². The van der Waals surface area contributed by atoms with Crippen LogP contribution in [0.1, 0.15) is 20.0 Å². The predicted molar refractivity (Wildman–Crippen MR) is 85.2 cm³/mol. The molecule has 0 spiro atoms. The fourth-order valence-electron chi connectivity index (χ4n) is 2.39. The highest BCUT2D eigenvalue weighted by Crippen LogP contribution is 2.23. The SMILES string of the molecule is NC(=O)c1cnc(N2CCN(C(=O)c3ccccc3)CC2)s1. The van der Waals surface area contributed by atoms with Crippen LogP contribution in [0, 0.1) is 0 Å². The van der Waals surface area contributed by atoms with Crippen molar-refractivity contribution >= 4 is 28.3 Å². The van der Waals surface area contributed by atoms with Crippen LogP contribution in [0.2, 0.25) is 0 Å². The number of primary amides is 1. The molecule has 2 aromatic rings. The molecule has 1 aromatic heterocycles. The molecule has 7 heteroatoms. The number of nitrogens with two attached hydrogens (primary N) is 1. The third kappa shape index (κ3) is 2.94. The number of carbonyl (C=O) groups excluding carboxylic acids is 2. The second kappa shape index (κ2) is 6.15. The van der Waals surface area contributed by atoms with Crippen molar-refractivity contribution in [2.24, 2.45) is 5.73 Å². The van der Waals surface area contributed by atoms with Crippen molar-refractivity contribution in [1.82, 2.24) is 9.88 Å². The molecule has 2 heterocycles. The first-order valence-corrected chi connectivity index (χ1v) is 7.81. The van der Waals surface area contributed by atoms with Crippen LogP contribution in [0.15, 0.2) is 36.5 Å². The first-order valence-electron chi connectivity index (χ1n) is 7.00. The number of aromatic nitrogens is 1. The summed E-state index contributed by atoms with van der Waals surface area (Å²) in [5.41, 5.74) is 5.95. The number of hydrogen-bond acceptors (Lipinski definition) is 5. The number of piperazine rings is 1. The Balaban J connectivity index is 1.62. The number of carbonyl (C=O) groups is 2. The number of hydrogen-bond donors (Lipinski definition) is 1. The van der Waals surface area contributed by atoms with Gasteiger partial charge in [-0.1, -0.05) is 29.5 Å². The molecule has 114 valence electrons. The smallest absolute Gasteiger partial charge is 0.260 e. The zero-order chi connectivity index (χ0) is 15.5. The number of nitrogens with zero attached hydrogens (tertiary/aromatic N) is 3. The lowest BCUT2D eigenvalue weighted by Gasteiger charge is -2.34. The van der Waals surface area contributed by atoms with Crippen molar-refractivity contribution in [2.45, 2.75) is 0 Å². The van der Waals surface area contributed by atoms with Gasteiger partial charge in [-0.2, -0.15) is 0 Å². The molecule has 0 radical (unpaired) electrons. The summed E-state index contributed by atoms with van der Waals surface area (Å²) in [5.74, 6) is -0.404. The molecule has 0 unspecified atom stereocenters. The fraction of sp³-hybridized carbons (Fsp3) is 0.267. The lowest BCUT2D eigenvalue weighted by atomic mass is 10.2. The van der Waals surface area contributed by atoms with E-state index in [9.17, 15) is 9.59 Å². The van der Waals surface area contributed by atoms with Crippen LogP contribution in [0.25, 0.3) is 0 Å². The lowest BCUT2D eigenvalue weighted by molar-refractivity contribution is 0.0746. The quantitative estimate of drug-likeness (QED) is 0.923. The highest BCUT2D eigenvalue weighted by Gasteiger charge is 2.23. The van der Waals surface area contributed by atoms with Crippen molar-refractivity contribution in [2.75, 3.05) is 31.1 Å². The molecule has 0 atom stereocenters. The highest BCUT2D eigenvalue weighted by molar-refractivity contribution is 7.17. The maximum atomic E-state index is 12.4. The monoisotopic (exact) mass is 316 g/mol. The van der Waals surface area contributed by atoms with E-state index in [-0.39, 0.29) is 5.91 Å². The average Bonchev–Trinajstić information content (AvgIpc) is 3.05. The minimum atomic E-state index is -0.457. The highest BCUT2D eigenvalue weighted by atomic mass is 32.1. The average molecular weight is 316 g/mol. The second-order valence-corrected chi connectivity index (χ2v) is 6.03. The van der Waals surface area contributed by atoms with Crippen LogP contribution in [-0.4, -0.2) is 47.9 Å². The molecule has 0 aliphatic carbocycles. The summed E-state index contributed by atoms with van der Waals surface area (Å²) in [6.45, 7) is 2.67. The molecule has 2 N–H and O–H groups in total. The van der Waals surface area contributed by atoms with Gasteiger partial charge >= 0.3 is 0 Å². The Bertz CT molecular complexity index is 678. The Hall–Kier alpha value is -2.41. The van der Waals surface area contributed by atoms with Gasteiger partial charge in [0.1, 0.15) is 4.88 Å². The standard InChI is InChI=1S/C15H16N4O2S/c16-13(20)12-10-17-15(22-12)19-8-6-18(7-9-19)14(21)11-4-2-1-3-5-11/h1-5,10H,6-9H2,(H2,16,20). The summed E-state index contributed by atoms with van der Waals surface area (Å²) < 4.78 is 0. The van der Waals surface area contributed by atoms with Gasteiger partial charge in [-0.25, -0.2) is 4.98 Å². The van der Waals surface area contributed by atoms with Crippen molar-refractivity contribution in [3.8, 4) is 0 Å². The van der Waals surface area contributed by atoms with E-state index in [1.807, 2.05) is 35.2 Å². The molecule has 1 aliphatic heterocycles. The van der Waals surface area contributed by atoms with Crippen LogP contribution in [0.5, 0.6) is 0 Å². The van der Waals surface area contributed by atoms with E-state index in [1.165, 1.54) is 17.5 Å². The number of benzene rings is 1. The first-order chi connectivity index (χ1) is 10.6. The van der Waals surface area contributed by atoms with E-state index >= 15 is 0 Å². The van der Waals surface area contributed by atoms with Gasteiger partial charge in [0.2, 0.25) is 0 Å². The van der Waals surface area contributed by atoms with Gasteiger partial charge in [-0.05, 0) is 12.1 Å². The molecule has 1 saturated heterocycles. The molecule has 1 aliphatic rings. The zero-order valence-corrected chi connectivity index (χ0v) is 12.8. The predicted octanol–water partition coefficient (Wildman–Crippen LogP) is 1.20. The Morgan fingerprint density at radius 3 is 2.36 bits per heavy atom. The Morgan fingerprint density at radius 2 is 1.77 bits per heavy atom. The van der Waals surface area contributed by atoms with Crippen LogP contribution in [0.3, 0.4) is 0 Å². The molecule has 1 fully saturated rings. The van der Waals surface area contributed by atoms with Crippen LogP contribution >= 0.6 is 11.3 Å². The van der Waals surface area contributed by atoms with Gasteiger partial charge in [0.15, 0.2) is 5.13 Å². The summed E-state index contributed by atoms with van der Waals surface area (Å²) in [6.07, 6.45) is 1.50. The van der Waals surface area contributed by atoms with Gasteiger partial charge in [0.25, 0.3) is 11.8 Å². The van der Waals surface area contributed by atoms with E-state index in [0.717, 1.165) is 5.13 Å². The lowest BCUT2D eigenvalue weighted by Crippen LogP contribution is -2.48. The molecule has 1 aromatic carbocycles. The molecule has 0 bridgehead atoms. The molecular weight excluding hydrogens is 300 g/mol. The summed E-state index contributed by atoms with van der Waals surface area (Å²) in [5, 5.41) is 0.778. The van der Waals surface area contributed by atoms with Crippen molar-refractivity contribution in [3.05, 3.63) is 47.0 Å². The third-order valence-corrected chi connectivity index (χ3v) is 4.67. The summed E-state index contributed by atoms with van der Waals surface area (Å²) in [6, 6.07) is 9.28. The molecule has 22 heavy (non-hydrogen) atoms. The summed E-state index contributed by atoms with van der Waals surface area (Å²) >= 11 is 1.29. The van der Waals surface area contributed by atoms with Crippen LogP contribution in [-0.2, 0) is 0 Å². The normalized spacial score (nSPS) is 14.9. The minimum Gasteiger partial charge on any atom is -0.365 e. The van der Waals surface area contributed by atoms with Gasteiger partial charge < -0.3 is 15.5 Å². The molecule has 0 saturated carbocycles. The minimum absolute atomic E-state index is 0.0530. The summed E-state index contributed by atoms with van der Waals surface area (Å²) in [4.78, 5) is 32.1. The summed E-state index contributed by atoms with van der Waals surface area (Å²) in [7, 11) is 0. The number of thiazole rings is 1. The Morgan fingerprint density at radius 1 is 1.09 bits per heavy atom. The fourth-order valence-corrected chi connectivity index (χ4v) is 3.21. The maximum Gasteiger partial charge on any atom is 0.260 e. The van der Waals surface area contributed by atoms with E-state index in [2.05, 4.69) is 9.88 Å². The van der Waals surface area contributed by atoms with E-state index < -0.39 is 5.91 Å². The molecule has 3 rings (SSSR count). The van der Waals surface area contributed by atoms with Crippen LogP contribution in [0.4, 0.5) is 5.13 Å². The van der Waals surface area contributed by atoms with Gasteiger partial charge in [0, 0.05) is 31.7 Å². The van der Waals surface area contributed by atoms with E-state index in [1.54, 1.807) is 0 Å². The third-order valence-electron chi connectivity index (χ3n) is 3.59. The molecule has 2 amide bonds. The van der Waals surface area contributed by atoms with Gasteiger partial charge in [0.05, 0.1) is 6.20 Å². The number of rotatable bonds is 3. The van der Waals surface area contributed by atoms with E-state index in [4.69, 9.17) is 5.73 Å². The Labute approximate surface area is 132 Å². The maximum absolute atomic E-state index is 12.4.